The third-order valence-electron chi connectivity index (χ3n) is 3.87. The van der Waals surface area contributed by atoms with Crippen molar-refractivity contribution in [3.05, 3.63) is 88.4 Å². The van der Waals surface area contributed by atoms with Crippen molar-refractivity contribution >= 4 is 28.0 Å². The standard InChI is InChI=1S/C22H22BrNO3/c1-3-12-24(2)13-4-5-14-27-20-10-11-21(18(15-20)16-25)22(26)17-6-8-19(23)9-7-17/h3-11,15-16H,1,12-14H2,2H3/b5-4+. The van der Waals surface area contributed by atoms with Crippen molar-refractivity contribution < 1.29 is 14.3 Å². The van der Waals surface area contributed by atoms with E-state index in [0.29, 0.717) is 35.3 Å². The molecule has 2 aromatic rings. The summed E-state index contributed by atoms with van der Waals surface area (Å²) in [5, 5.41) is 0. The van der Waals surface area contributed by atoms with Gasteiger partial charge in [0.2, 0.25) is 0 Å². The summed E-state index contributed by atoms with van der Waals surface area (Å²) in [5.74, 6) is 0.356. The van der Waals surface area contributed by atoms with Crippen LogP contribution in [0.4, 0.5) is 0 Å². The zero-order valence-electron chi connectivity index (χ0n) is 15.2. The molecule has 2 aromatic carbocycles. The highest BCUT2D eigenvalue weighted by molar-refractivity contribution is 9.10. The number of hydrogen-bond acceptors (Lipinski definition) is 4. The van der Waals surface area contributed by atoms with E-state index in [9.17, 15) is 9.59 Å². The molecular formula is C22H22BrNO3. The summed E-state index contributed by atoms with van der Waals surface area (Å²) in [6.45, 7) is 5.71. The number of likely N-dealkylation sites (N-methyl/N-ethyl adjacent to an activating group) is 1. The number of rotatable bonds is 10. The Morgan fingerprint density at radius 1 is 1.15 bits per heavy atom. The second kappa shape index (κ2) is 10.6. The predicted octanol–water partition coefficient (Wildman–Crippen LogP) is 4.55. The molecule has 27 heavy (non-hydrogen) atoms. The molecule has 0 aliphatic carbocycles. The average molecular weight is 428 g/mol. The van der Waals surface area contributed by atoms with E-state index in [1.807, 2.05) is 25.3 Å². The zero-order valence-corrected chi connectivity index (χ0v) is 16.8. The molecule has 0 spiro atoms. The lowest BCUT2D eigenvalue weighted by atomic mass is 9.99. The van der Waals surface area contributed by atoms with Crippen LogP contribution in [-0.4, -0.2) is 43.7 Å². The topological polar surface area (TPSA) is 46.6 Å². The largest absolute Gasteiger partial charge is 0.490 e. The Balaban J connectivity index is 2.02. The maximum Gasteiger partial charge on any atom is 0.193 e. The van der Waals surface area contributed by atoms with Gasteiger partial charge in [-0.25, -0.2) is 0 Å². The van der Waals surface area contributed by atoms with Gasteiger partial charge in [0.25, 0.3) is 0 Å². The van der Waals surface area contributed by atoms with Crippen LogP contribution in [0, 0.1) is 0 Å². The van der Waals surface area contributed by atoms with Gasteiger partial charge in [0.15, 0.2) is 12.1 Å². The maximum absolute atomic E-state index is 12.6. The first-order valence-electron chi connectivity index (χ1n) is 8.52. The van der Waals surface area contributed by atoms with Gasteiger partial charge in [0.05, 0.1) is 0 Å². The fourth-order valence-corrected chi connectivity index (χ4v) is 2.72. The molecule has 0 heterocycles. The molecule has 0 bridgehead atoms. The van der Waals surface area contributed by atoms with E-state index in [1.54, 1.807) is 42.5 Å². The minimum atomic E-state index is -0.193. The summed E-state index contributed by atoms with van der Waals surface area (Å²) in [6.07, 6.45) is 6.46. The van der Waals surface area contributed by atoms with Crippen molar-refractivity contribution in [2.24, 2.45) is 0 Å². The molecule has 0 aromatic heterocycles. The van der Waals surface area contributed by atoms with Crippen LogP contribution >= 0.6 is 15.9 Å². The van der Waals surface area contributed by atoms with Gasteiger partial charge in [0.1, 0.15) is 12.4 Å². The normalized spacial score (nSPS) is 10.9. The summed E-state index contributed by atoms with van der Waals surface area (Å²) in [5.41, 5.74) is 1.21. The van der Waals surface area contributed by atoms with E-state index in [4.69, 9.17) is 4.74 Å². The smallest absolute Gasteiger partial charge is 0.193 e. The summed E-state index contributed by atoms with van der Waals surface area (Å²) >= 11 is 3.34. The summed E-state index contributed by atoms with van der Waals surface area (Å²) in [7, 11) is 2.00. The molecule has 0 amide bonds. The number of carbonyl (C=O) groups is 2. The lowest BCUT2D eigenvalue weighted by molar-refractivity contribution is 0.102. The third kappa shape index (κ3) is 6.31. The Labute approximate surface area is 168 Å². The number of ketones is 1. The van der Waals surface area contributed by atoms with Gasteiger partial charge in [-0.2, -0.15) is 0 Å². The minimum Gasteiger partial charge on any atom is -0.490 e. The lowest BCUT2D eigenvalue weighted by Crippen LogP contribution is -2.17. The van der Waals surface area contributed by atoms with Crippen LogP contribution in [0.5, 0.6) is 5.75 Å². The maximum atomic E-state index is 12.6. The van der Waals surface area contributed by atoms with Gasteiger partial charge >= 0.3 is 0 Å². The lowest BCUT2D eigenvalue weighted by Gasteiger charge is -2.10. The number of benzene rings is 2. The van der Waals surface area contributed by atoms with Crippen LogP contribution in [0.1, 0.15) is 26.3 Å². The summed E-state index contributed by atoms with van der Waals surface area (Å²) < 4.78 is 6.54. The number of carbonyl (C=O) groups excluding carboxylic acids is 2. The van der Waals surface area contributed by atoms with Gasteiger partial charge in [0, 0.05) is 34.3 Å². The van der Waals surface area contributed by atoms with E-state index in [-0.39, 0.29) is 5.78 Å². The summed E-state index contributed by atoms with van der Waals surface area (Å²) in [4.78, 5) is 26.2. The number of ether oxygens (including phenoxy) is 1. The van der Waals surface area contributed by atoms with Crippen molar-refractivity contribution in [3.8, 4) is 5.75 Å². The van der Waals surface area contributed by atoms with E-state index < -0.39 is 0 Å². The highest BCUT2D eigenvalue weighted by Gasteiger charge is 2.14. The van der Waals surface area contributed by atoms with Crippen molar-refractivity contribution in [1.29, 1.82) is 0 Å². The van der Waals surface area contributed by atoms with E-state index in [0.717, 1.165) is 17.6 Å². The second-order valence-electron chi connectivity index (χ2n) is 6.00. The van der Waals surface area contributed by atoms with Gasteiger partial charge in [-0.1, -0.05) is 34.2 Å². The molecule has 2 rings (SSSR count). The van der Waals surface area contributed by atoms with Gasteiger partial charge in [-0.05, 0) is 49.5 Å². The number of hydrogen-bond donors (Lipinski definition) is 0. The van der Waals surface area contributed by atoms with Crippen LogP contribution < -0.4 is 4.74 Å². The average Bonchev–Trinajstić information content (AvgIpc) is 2.68. The molecule has 4 nitrogen and oxygen atoms in total. The zero-order chi connectivity index (χ0) is 19.6. The number of halogens is 1. The highest BCUT2D eigenvalue weighted by atomic mass is 79.9. The van der Waals surface area contributed by atoms with Gasteiger partial charge < -0.3 is 4.74 Å². The molecule has 0 saturated heterocycles. The predicted molar refractivity (Wildman–Crippen MR) is 112 cm³/mol. The van der Waals surface area contributed by atoms with E-state index >= 15 is 0 Å². The molecule has 0 radical (unpaired) electrons. The van der Waals surface area contributed by atoms with Crippen LogP contribution in [0.25, 0.3) is 0 Å². The Kier molecular flexibility index (Phi) is 8.17. The Morgan fingerprint density at radius 3 is 2.56 bits per heavy atom. The van der Waals surface area contributed by atoms with Crippen LogP contribution in [0.15, 0.2) is 71.7 Å². The fraction of sp³-hybridized carbons (Fsp3) is 0.182. The molecule has 5 heteroatoms. The second-order valence-corrected chi connectivity index (χ2v) is 6.91. The first-order chi connectivity index (χ1) is 13.0. The molecule has 0 fully saturated rings. The minimum absolute atomic E-state index is 0.193. The molecule has 0 atom stereocenters. The Morgan fingerprint density at radius 2 is 1.89 bits per heavy atom. The van der Waals surface area contributed by atoms with Crippen molar-refractivity contribution in [2.45, 2.75) is 0 Å². The van der Waals surface area contributed by atoms with E-state index in [1.165, 1.54) is 0 Å². The van der Waals surface area contributed by atoms with Crippen molar-refractivity contribution in [1.82, 2.24) is 4.90 Å². The first-order valence-corrected chi connectivity index (χ1v) is 9.31. The third-order valence-corrected chi connectivity index (χ3v) is 4.40. The highest BCUT2D eigenvalue weighted by Crippen LogP contribution is 2.21. The van der Waals surface area contributed by atoms with E-state index in [2.05, 4.69) is 27.4 Å². The van der Waals surface area contributed by atoms with Crippen LogP contribution in [-0.2, 0) is 0 Å². The molecule has 0 saturated carbocycles. The molecule has 140 valence electrons. The SMILES string of the molecule is C=CCN(C)C/C=C/COc1ccc(C(=O)c2ccc(Br)cc2)c(C=O)c1. The molecule has 0 unspecified atom stereocenters. The molecule has 0 aliphatic heterocycles. The number of aldehydes is 1. The van der Waals surface area contributed by atoms with Crippen molar-refractivity contribution in [2.75, 3.05) is 26.7 Å². The van der Waals surface area contributed by atoms with Crippen LogP contribution in [0.2, 0.25) is 0 Å². The van der Waals surface area contributed by atoms with Crippen molar-refractivity contribution in [3.63, 3.8) is 0 Å². The molecule has 0 N–H and O–H groups in total. The molecular weight excluding hydrogens is 406 g/mol. The Bertz CT molecular complexity index is 828. The van der Waals surface area contributed by atoms with Gasteiger partial charge in [-0.3, -0.25) is 14.5 Å². The van der Waals surface area contributed by atoms with Gasteiger partial charge in [-0.15, -0.1) is 6.58 Å². The monoisotopic (exact) mass is 427 g/mol. The van der Waals surface area contributed by atoms with Crippen LogP contribution in [0.3, 0.4) is 0 Å². The number of nitrogens with zero attached hydrogens (tertiary/aromatic N) is 1. The molecule has 0 aliphatic rings. The first kappa shape index (κ1) is 20.8. The fourth-order valence-electron chi connectivity index (χ4n) is 2.45. The summed E-state index contributed by atoms with van der Waals surface area (Å²) in [6, 6.07) is 12.0. The quantitative estimate of drug-likeness (QED) is 0.317. The Hall–Kier alpha value is -2.50.